The number of H-pyrrole nitrogens is 1. The minimum Gasteiger partial charge on any atom is -0.454 e. The first kappa shape index (κ1) is 14.9. The Morgan fingerprint density at radius 3 is 2.78 bits per heavy atom. The smallest absolute Gasteiger partial charge is 0.393 e. The van der Waals surface area contributed by atoms with Gasteiger partial charge < -0.3 is 14.1 Å². The van der Waals surface area contributed by atoms with Crippen molar-refractivity contribution in [3.63, 3.8) is 0 Å². The second kappa shape index (κ2) is 6.01. The highest BCUT2D eigenvalue weighted by Crippen LogP contribution is 2.20. The molecule has 0 aliphatic heterocycles. The summed E-state index contributed by atoms with van der Waals surface area (Å²) in [6.45, 7) is 0. The first-order chi connectivity index (χ1) is 11.1. The molecule has 9 heteroatoms. The molecular formula is C14H11ClN4O4. The topological polar surface area (TPSA) is 109 Å². The molecule has 0 bridgehead atoms. The lowest BCUT2D eigenvalue weighted by Crippen LogP contribution is -2.41. The number of carbonyl (C=O) groups excluding carboxylic acids is 2. The number of aromatic amines is 1. The quantitative estimate of drug-likeness (QED) is 0.634. The van der Waals surface area contributed by atoms with E-state index in [1.807, 2.05) is 0 Å². The van der Waals surface area contributed by atoms with Crippen molar-refractivity contribution in [2.24, 2.45) is 0 Å². The fraction of sp³-hybridized carbons (Fsp3) is 0.0714. The third-order valence-corrected chi connectivity index (χ3v) is 3.23. The second-order valence-electron chi connectivity index (χ2n) is 4.52. The summed E-state index contributed by atoms with van der Waals surface area (Å²) in [4.78, 5) is 30.4. The lowest BCUT2D eigenvalue weighted by molar-refractivity contribution is 0.0825. The van der Waals surface area contributed by atoms with E-state index in [1.165, 1.54) is 13.3 Å². The van der Waals surface area contributed by atoms with E-state index in [2.05, 4.69) is 20.8 Å². The van der Waals surface area contributed by atoms with Crippen molar-refractivity contribution in [1.82, 2.24) is 20.8 Å². The molecule has 23 heavy (non-hydrogen) atoms. The lowest BCUT2D eigenvalue weighted by Gasteiger charge is -2.03. The molecule has 0 saturated carbocycles. The Kier molecular flexibility index (Phi) is 3.90. The number of benzene rings is 1. The number of oxazole rings is 1. The number of methoxy groups -OCH3 is 1. The second-order valence-corrected chi connectivity index (χ2v) is 4.95. The van der Waals surface area contributed by atoms with Crippen molar-refractivity contribution < 1.29 is 18.7 Å². The summed E-state index contributed by atoms with van der Waals surface area (Å²) in [5.41, 5.74) is 5.52. The number of hydrogen-bond acceptors (Lipinski definition) is 5. The predicted octanol–water partition coefficient (Wildman–Crippen LogP) is 1.89. The number of fused-ring (bicyclic) bond motifs is 1. The predicted molar refractivity (Wildman–Crippen MR) is 81.3 cm³/mol. The van der Waals surface area contributed by atoms with Gasteiger partial charge in [-0.3, -0.25) is 20.4 Å². The summed E-state index contributed by atoms with van der Waals surface area (Å²) in [5.74, 6) is -1.27. The molecule has 2 heterocycles. The van der Waals surface area contributed by atoms with Crippen LogP contribution < -0.4 is 15.6 Å². The monoisotopic (exact) mass is 334 g/mol. The molecule has 0 unspecified atom stereocenters. The molecule has 0 spiro atoms. The van der Waals surface area contributed by atoms with Gasteiger partial charge >= 0.3 is 12.0 Å². The zero-order chi connectivity index (χ0) is 16.4. The third kappa shape index (κ3) is 3.11. The van der Waals surface area contributed by atoms with Crippen LogP contribution in [-0.4, -0.2) is 28.9 Å². The SMILES string of the molecule is COc1ncc(C(=O)NNC(=O)c2cc3cc(Cl)ccc3[nH]2)o1. The maximum atomic E-state index is 12.0. The van der Waals surface area contributed by atoms with Gasteiger partial charge in [-0.25, -0.2) is 0 Å². The van der Waals surface area contributed by atoms with Crippen molar-refractivity contribution >= 4 is 34.3 Å². The van der Waals surface area contributed by atoms with Crippen molar-refractivity contribution in [3.8, 4) is 6.08 Å². The van der Waals surface area contributed by atoms with Crippen molar-refractivity contribution in [2.45, 2.75) is 0 Å². The highest BCUT2D eigenvalue weighted by molar-refractivity contribution is 6.31. The maximum Gasteiger partial charge on any atom is 0.393 e. The molecule has 0 aliphatic carbocycles. The number of halogens is 1. The molecule has 3 aromatic rings. The summed E-state index contributed by atoms with van der Waals surface area (Å²) in [5, 5.41) is 1.35. The van der Waals surface area contributed by atoms with E-state index < -0.39 is 11.8 Å². The van der Waals surface area contributed by atoms with Crippen LogP contribution in [0.15, 0.2) is 34.9 Å². The molecule has 1 aromatic carbocycles. The number of aromatic nitrogens is 2. The zero-order valence-electron chi connectivity index (χ0n) is 11.8. The fourth-order valence-corrected chi connectivity index (χ4v) is 2.11. The summed E-state index contributed by atoms with van der Waals surface area (Å²) < 4.78 is 9.70. The van der Waals surface area contributed by atoms with Crippen molar-refractivity contribution in [3.05, 3.63) is 46.9 Å². The number of nitrogens with zero attached hydrogens (tertiary/aromatic N) is 1. The number of rotatable bonds is 3. The van der Waals surface area contributed by atoms with E-state index in [9.17, 15) is 9.59 Å². The lowest BCUT2D eigenvalue weighted by atomic mass is 10.2. The van der Waals surface area contributed by atoms with Gasteiger partial charge in [0.25, 0.3) is 5.91 Å². The summed E-state index contributed by atoms with van der Waals surface area (Å²) in [6.07, 6.45) is 1.14. The van der Waals surface area contributed by atoms with Crippen LogP contribution in [0.5, 0.6) is 6.08 Å². The van der Waals surface area contributed by atoms with Gasteiger partial charge in [0.05, 0.1) is 13.3 Å². The van der Waals surface area contributed by atoms with Crippen LogP contribution in [0.1, 0.15) is 21.0 Å². The standard InChI is InChI=1S/C14H11ClN4O4/c1-22-14-16-6-11(23-14)13(21)19-18-12(20)10-5-7-4-8(15)2-3-9(7)17-10/h2-6,17H,1H3,(H,18,20)(H,19,21). The van der Waals surface area contributed by atoms with Gasteiger partial charge in [-0.2, -0.15) is 4.98 Å². The molecule has 2 amide bonds. The van der Waals surface area contributed by atoms with E-state index >= 15 is 0 Å². The molecule has 0 radical (unpaired) electrons. The number of ether oxygens (including phenoxy) is 1. The van der Waals surface area contributed by atoms with Crippen LogP contribution in [0.3, 0.4) is 0 Å². The summed E-state index contributed by atoms with van der Waals surface area (Å²) in [7, 11) is 1.36. The minimum atomic E-state index is -0.659. The van der Waals surface area contributed by atoms with Crippen molar-refractivity contribution in [1.29, 1.82) is 0 Å². The molecule has 0 atom stereocenters. The van der Waals surface area contributed by atoms with Gasteiger partial charge in [-0.1, -0.05) is 11.6 Å². The number of carbonyl (C=O) groups is 2. The number of nitrogens with one attached hydrogen (secondary N) is 3. The van der Waals surface area contributed by atoms with Crippen LogP contribution in [0.25, 0.3) is 10.9 Å². The Labute approximate surface area is 134 Å². The van der Waals surface area contributed by atoms with E-state index in [4.69, 9.17) is 20.8 Å². The maximum absolute atomic E-state index is 12.0. The largest absolute Gasteiger partial charge is 0.454 e. The molecule has 118 valence electrons. The molecule has 2 aromatic heterocycles. The Hall–Kier alpha value is -3.00. The van der Waals surface area contributed by atoms with Gasteiger partial charge in [0.15, 0.2) is 0 Å². The third-order valence-electron chi connectivity index (χ3n) is 3.00. The van der Waals surface area contributed by atoms with Gasteiger partial charge in [0, 0.05) is 15.9 Å². The highest BCUT2D eigenvalue weighted by atomic mass is 35.5. The molecular weight excluding hydrogens is 324 g/mol. The molecule has 0 saturated heterocycles. The number of hydrazine groups is 1. The molecule has 0 aliphatic rings. The van der Waals surface area contributed by atoms with Crippen LogP contribution in [0.2, 0.25) is 5.02 Å². The van der Waals surface area contributed by atoms with Crippen LogP contribution in [0.4, 0.5) is 0 Å². The Balaban J connectivity index is 1.67. The molecule has 3 N–H and O–H groups in total. The van der Waals surface area contributed by atoms with E-state index in [-0.39, 0.29) is 17.5 Å². The zero-order valence-corrected chi connectivity index (χ0v) is 12.6. The normalized spacial score (nSPS) is 10.5. The Morgan fingerprint density at radius 2 is 2.04 bits per heavy atom. The van der Waals surface area contributed by atoms with Crippen LogP contribution >= 0.6 is 11.6 Å². The van der Waals surface area contributed by atoms with Gasteiger partial charge in [0.1, 0.15) is 5.69 Å². The van der Waals surface area contributed by atoms with Gasteiger partial charge in [-0.05, 0) is 24.3 Å². The molecule has 3 rings (SSSR count). The average molecular weight is 335 g/mol. The van der Waals surface area contributed by atoms with Crippen LogP contribution in [-0.2, 0) is 0 Å². The Bertz CT molecular complexity index is 886. The van der Waals surface area contributed by atoms with Crippen LogP contribution in [0, 0.1) is 0 Å². The summed E-state index contributed by atoms with van der Waals surface area (Å²) >= 11 is 5.89. The minimum absolute atomic E-state index is 0.0472. The first-order valence-electron chi connectivity index (χ1n) is 6.45. The van der Waals surface area contributed by atoms with E-state index in [0.29, 0.717) is 5.02 Å². The Morgan fingerprint density at radius 1 is 1.26 bits per heavy atom. The first-order valence-corrected chi connectivity index (χ1v) is 6.83. The van der Waals surface area contributed by atoms with Gasteiger partial charge in [-0.15, -0.1) is 0 Å². The number of amides is 2. The highest BCUT2D eigenvalue weighted by Gasteiger charge is 2.15. The van der Waals surface area contributed by atoms with E-state index in [1.54, 1.807) is 24.3 Å². The number of hydrogen-bond donors (Lipinski definition) is 3. The van der Waals surface area contributed by atoms with Crippen molar-refractivity contribution in [2.75, 3.05) is 7.11 Å². The molecule has 8 nitrogen and oxygen atoms in total. The van der Waals surface area contributed by atoms with Gasteiger partial charge in [0.2, 0.25) is 5.76 Å². The average Bonchev–Trinajstić information content (AvgIpc) is 3.18. The molecule has 0 fully saturated rings. The summed E-state index contributed by atoms with van der Waals surface area (Å²) in [6, 6.07) is 6.82. The van der Waals surface area contributed by atoms with E-state index in [0.717, 1.165) is 10.9 Å². The fourth-order valence-electron chi connectivity index (χ4n) is 1.93.